The summed E-state index contributed by atoms with van der Waals surface area (Å²) in [5, 5.41) is 17.5. The van der Waals surface area contributed by atoms with Gasteiger partial charge in [0.05, 0.1) is 29.6 Å². The van der Waals surface area contributed by atoms with Crippen molar-refractivity contribution in [2.24, 2.45) is 0 Å². The number of nitrogens with one attached hydrogen (secondary N) is 2. The van der Waals surface area contributed by atoms with E-state index in [0.29, 0.717) is 28.5 Å². The Balaban J connectivity index is 0.989. The molecule has 2 aromatic carbocycles. The molecule has 36 heteroatoms. The molecule has 4 aromatic rings. The van der Waals surface area contributed by atoms with E-state index in [1.54, 1.807) is 0 Å². The van der Waals surface area contributed by atoms with Gasteiger partial charge < -0.3 is 59.8 Å². The first kappa shape index (κ1) is 67.7. The van der Waals surface area contributed by atoms with Crippen molar-refractivity contribution in [3.63, 3.8) is 0 Å². The molecule has 3 unspecified atom stereocenters. The van der Waals surface area contributed by atoms with Crippen molar-refractivity contribution >= 4 is 95.2 Å². The van der Waals surface area contributed by atoms with Crippen molar-refractivity contribution in [1.82, 2.24) is 34.7 Å². The minimum atomic E-state index is -5.71. The van der Waals surface area contributed by atoms with E-state index in [1.165, 1.54) is 22.8 Å². The predicted molar refractivity (Wildman–Crippen MR) is 322 cm³/mol. The summed E-state index contributed by atoms with van der Waals surface area (Å²) >= 11 is 4.10. The van der Waals surface area contributed by atoms with Crippen LogP contribution < -0.4 is 31.2 Å². The normalized spacial score (nSPS) is 20.8. The molecule has 5 heterocycles. The summed E-state index contributed by atoms with van der Waals surface area (Å²) in [4.78, 5) is 78.7. The number of aliphatic hydroxyl groups is 1. The second kappa shape index (κ2) is 27.5. The van der Waals surface area contributed by atoms with Gasteiger partial charge in [0.1, 0.15) is 48.7 Å². The van der Waals surface area contributed by atoms with Gasteiger partial charge in [0.2, 0.25) is 11.3 Å². The highest BCUT2D eigenvalue weighted by Crippen LogP contribution is 2.66. The molecule has 8 rings (SSSR count). The molecule has 0 spiro atoms. The Morgan fingerprint density at radius 3 is 2.33 bits per heavy atom. The maximum atomic E-state index is 13.5. The first-order valence-corrected chi connectivity index (χ1v) is 35.7. The summed E-state index contributed by atoms with van der Waals surface area (Å²) in [5.74, 6) is 0.152. The van der Waals surface area contributed by atoms with Crippen molar-refractivity contribution in [2.45, 2.75) is 88.2 Å². The largest absolute Gasteiger partial charge is 0.488 e. The van der Waals surface area contributed by atoms with Crippen LogP contribution in [0.2, 0.25) is 0 Å². The lowest BCUT2D eigenvalue weighted by Crippen LogP contribution is -2.41. The van der Waals surface area contributed by atoms with Crippen LogP contribution in [0.3, 0.4) is 0 Å². The van der Waals surface area contributed by atoms with Gasteiger partial charge in [-0.1, -0.05) is 42.5 Å². The zero-order valence-electron chi connectivity index (χ0n) is 47.5. The maximum absolute atomic E-state index is 13.5. The van der Waals surface area contributed by atoms with Crippen LogP contribution in [0.4, 0.5) is 16.3 Å². The number of allylic oxidation sites excluding steroid dienone is 3. The molecule has 88 heavy (non-hydrogen) atoms. The summed E-state index contributed by atoms with van der Waals surface area (Å²) in [6.07, 6.45) is 0.102. The fraction of sp³-hybridized carbons (Fsp3) is 0.385. The van der Waals surface area contributed by atoms with Gasteiger partial charge in [-0.3, -0.25) is 23.0 Å². The lowest BCUT2D eigenvalue weighted by atomic mass is 9.77. The monoisotopic (exact) mass is 1340 g/mol. The lowest BCUT2D eigenvalue weighted by molar-refractivity contribution is -0.121. The average Bonchev–Trinajstić information content (AvgIpc) is 1.77. The van der Waals surface area contributed by atoms with Crippen LogP contribution in [-0.4, -0.2) is 146 Å². The van der Waals surface area contributed by atoms with Gasteiger partial charge >= 0.3 is 28.5 Å². The van der Waals surface area contributed by atoms with Crippen molar-refractivity contribution in [2.75, 3.05) is 55.7 Å². The number of nitrogens with zero attached hydrogens (tertiary/aromatic N) is 6. The number of hydrogen-bond donors (Lipinski definition) is 10. The first-order chi connectivity index (χ1) is 41.3. The third-order valence-corrected chi connectivity index (χ3v) is 20.6. The van der Waals surface area contributed by atoms with Crippen molar-refractivity contribution in [3.05, 3.63) is 119 Å². The standard InChI is InChI=1S/C52H64N9O21P3S3/c1-5-59(6-2)34-18-20-37-36(32(3)46(78-40(37)27-34)33-13-8-7-9-14-33)15-10-16-42-52(4,38-28-35(88(74,75)76)19-21-39(38)60(42)25-12-26-87(71,72)73)22-11-17-43(62)54-23-24-55-51(64)80-47-45(63)41(29-77-83(65,66)81-84(67,68)82-85(69,70)86)79-50(47)61-31-58-44-48(53)56-30-57-49(44)61/h7-10,13-16,18-21,27-28,30-31,41,45,47,50,63H,5-6,11-12,17,22-26,29H2,1-4H3,(H9-,53,54,55,56,57,62,64,65,66,67,68,69,70,71,72,73,74,75,76,86)/p+1/t41-,45-,47-,50-,52?/m1/s1. The molecule has 1 saturated heterocycles. The zero-order valence-corrected chi connectivity index (χ0v) is 52.6. The van der Waals surface area contributed by atoms with Gasteiger partial charge in [0.25, 0.3) is 20.2 Å². The molecule has 30 nitrogen and oxygen atoms in total. The summed E-state index contributed by atoms with van der Waals surface area (Å²) in [6.45, 7) is 3.11. The topological polar surface area (TPSA) is 437 Å². The Kier molecular flexibility index (Phi) is 21.2. The highest BCUT2D eigenvalue weighted by atomic mass is 32.5. The number of aliphatic hydroxyl groups excluding tert-OH is 1. The van der Waals surface area contributed by atoms with E-state index < -0.39 is 102 Å². The number of amides is 2. The number of alkyl carbamates (subject to hydrolysis) is 1. The quantitative estimate of drug-likeness (QED) is 0.0149. The number of carbonyl (C=O) groups excluding carboxylic acids is 2. The minimum absolute atomic E-state index is 0.0265. The van der Waals surface area contributed by atoms with E-state index in [2.05, 4.69) is 64.4 Å². The molecule has 0 radical (unpaired) electrons. The molecule has 2 amide bonds. The molecule has 476 valence electrons. The molecule has 1 aliphatic carbocycles. The highest BCUT2D eigenvalue weighted by Gasteiger charge is 2.50. The SMILES string of the molecule is CC[N+](CC)=c1ccc2c(/C=C/C=C3\N(CCCS(=O)(=O)O)c4ccc(S(=O)(=O)O)cc4C3(C)CCCC(=O)NCCNC(=O)O[C@@H]3[C@H](O)[C@@H](COP(=O)(O)OP(=O)(O)OP(O)(O)=S)O[C@H]3n3cnc4c(N)ncnc43)c(C)c(-c3ccccc3)oc-2c1. The van der Waals surface area contributed by atoms with Crippen LogP contribution in [0.5, 0.6) is 0 Å². The molecular weight excluding hydrogens is 1280 g/mol. The van der Waals surface area contributed by atoms with Gasteiger partial charge in [-0.05, 0) is 100 Å². The maximum Gasteiger partial charge on any atom is 0.488 e. The number of fused-ring (bicyclic) bond motifs is 3. The number of rotatable bonds is 26. The number of phosphoric acid groups is 2. The molecule has 4 aliphatic rings. The number of nitrogens with two attached hydrogens (primary N) is 1. The predicted octanol–water partition coefficient (Wildman–Crippen LogP) is 4.89. The molecule has 3 aliphatic heterocycles. The first-order valence-electron chi connectivity index (χ1n) is 27.0. The summed E-state index contributed by atoms with van der Waals surface area (Å²) in [5.41, 5.74) is 9.78. The highest BCUT2D eigenvalue weighted by molar-refractivity contribution is 8.08. The smallest absolute Gasteiger partial charge is 0.456 e. The van der Waals surface area contributed by atoms with E-state index in [0.717, 1.165) is 53.4 Å². The Labute approximate surface area is 509 Å². The Hall–Kier alpha value is -6.19. The van der Waals surface area contributed by atoms with E-state index in [-0.39, 0.29) is 62.3 Å². The minimum Gasteiger partial charge on any atom is -0.456 e. The van der Waals surface area contributed by atoms with Gasteiger partial charge in [0.15, 0.2) is 23.8 Å². The molecule has 11 N–H and O–H groups in total. The summed E-state index contributed by atoms with van der Waals surface area (Å²) in [6, 6.07) is 19.7. The van der Waals surface area contributed by atoms with E-state index in [1.807, 2.05) is 85.5 Å². The number of hydrogen-bond acceptors (Lipinski definition) is 21. The summed E-state index contributed by atoms with van der Waals surface area (Å²) < 4.78 is 128. The number of imidazole rings is 1. The number of phosphoric ester groups is 1. The van der Waals surface area contributed by atoms with Crippen molar-refractivity contribution in [3.8, 4) is 22.6 Å². The molecule has 2 aromatic heterocycles. The fourth-order valence-electron chi connectivity index (χ4n) is 10.5. The molecular formula is C52H65N9O21P3S3+. The average molecular weight is 1340 g/mol. The second-order valence-electron chi connectivity index (χ2n) is 20.4. The number of nitrogen functional groups attached to an aromatic ring is 1. The number of benzene rings is 3. The van der Waals surface area contributed by atoms with Gasteiger partial charge in [-0.2, -0.15) is 21.1 Å². The molecule has 7 atom stereocenters. The van der Waals surface area contributed by atoms with Crippen LogP contribution in [-0.2, 0) is 74.0 Å². The van der Waals surface area contributed by atoms with Crippen molar-refractivity contribution < 1.29 is 96.4 Å². The van der Waals surface area contributed by atoms with Crippen LogP contribution in [0.1, 0.15) is 69.4 Å². The molecule has 0 bridgehead atoms. The summed E-state index contributed by atoms with van der Waals surface area (Å²) in [7, 11) is -20.5. The fourth-order valence-corrected chi connectivity index (χ4v) is 15.3. The zero-order chi connectivity index (χ0) is 64.1. The van der Waals surface area contributed by atoms with Gasteiger partial charge in [-0.15, -0.1) is 0 Å². The van der Waals surface area contributed by atoms with E-state index in [4.69, 9.17) is 24.1 Å². The Bertz CT molecular complexity index is 4090. The van der Waals surface area contributed by atoms with E-state index >= 15 is 0 Å². The number of ether oxygens (including phenoxy) is 2. The van der Waals surface area contributed by atoms with Crippen LogP contribution in [0, 0.1) is 6.92 Å². The van der Waals surface area contributed by atoms with Gasteiger partial charge in [0, 0.05) is 65.6 Å². The van der Waals surface area contributed by atoms with Crippen LogP contribution >= 0.6 is 22.4 Å². The molecule has 1 fully saturated rings. The van der Waals surface area contributed by atoms with E-state index in [9.17, 15) is 69.3 Å². The van der Waals surface area contributed by atoms with Crippen molar-refractivity contribution in [1.29, 1.82) is 0 Å². The molecule has 0 saturated carbocycles. The second-order valence-corrected chi connectivity index (χ2v) is 29.2. The Morgan fingerprint density at radius 1 is 0.932 bits per heavy atom. The van der Waals surface area contributed by atoms with Gasteiger partial charge in [-0.25, -0.2) is 37.8 Å². The lowest BCUT2D eigenvalue weighted by Gasteiger charge is -2.30. The number of anilines is 2. The number of carbonyl (C=O) groups is 2. The van der Waals surface area contributed by atoms with Crippen LogP contribution in [0.15, 0.2) is 107 Å². The third kappa shape index (κ3) is 16.4. The Morgan fingerprint density at radius 2 is 1.65 bits per heavy atom. The van der Waals surface area contributed by atoms with Crippen LogP contribution in [0.25, 0.3) is 39.9 Å². The number of aromatic nitrogens is 4. The third-order valence-electron chi connectivity index (χ3n) is 14.5.